The van der Waals surface area contributed by atoms with Crippen LogP contribution in [-0.4, -0.2) is 35.7 Å². The molecular weight excluding hydrogens is 328 g/mol. The third-order valence-electron chi connectivity index (χ3n) is 3.38. The van der Waals surface area contributed by atoms with Crippen molar-refractivity contribution in [3.8, 4) is 11.5 Å². The van der Waals surface area contributed by atoms with Crippen molar-refractivity contribution in [1.29, 1.82) is 0 Å². The van der Waals surface area contributed by atoms with E-state index in [2.05, 4.69) is 15.4 Å². The maximum Gasteiger partial charge on any atom is 0.303 e. The number of aromatic nitrogens is 5. The van der Waals surface area contributed by atoms with Crippen molar-refractivity contribution < 1.29 is 14.5 Å². The molecule has 0 aliphatic rings. The molecule has 2 aromatic heterocycles. The summed E-state index contributed by atoms with van der Waals surface area (Å²) in [4.78, 5) is 21.1. The summed E-state index contributed by atoms with van der Waals surface area (Å²) < 4.78 is 7.98. The Kier molecular flexibility index (Phi) is 4.25. The van der Waals surface area contributed by atoms with E-state index >= 15 is 0 Å². The molecule has 0 radical (unpaired) electrons. The molecule has 128 valence electrons. The van der Waals surface area contributed by atoms with Gasteiger partial charge < -0.3 is 4.74 Å². The van der Waals surface area contributed by atoms with Gasteiger partial charge in [0.2, 0.25) is 0 Å². The van der Waals surface area contributed by atoms with Crippen LogP contribution in [0, 0.1) is 17.0 Å². The van der Waals surface area contributed by atoms with E-state index in [9.17, 15) is 14.9 Å². The summed E-state index contributed by atoms with van der Waals surface area (Å²) in [5, 5.41) is 23.0. The van der Waals surface area contributed by atoms with E-state index in [4.69, 9.17) is 4.74 Å². The number of esters is 1. The maximum absolute atomic E-state index is 10.8. The van der Waals surface area contributed by atoms with E-state index in [1.165, 1.54) is 23.7 Å². The van der Waals surface area contributed by atoms with E-state index in [0.717, 1.165) is 5.69 Å². The Morgan fingerprint density at radius 2 is 2.04 bits per heavy atom. The molecule has 1 aromatic carbocycles. The number of ether oxygens (including phenoxy) is 1. The normalized spacial score (nSPS) is 10.6. The van der Waals surface area contributed by atoms with Gasteiger partial charge >= 0.3 is 5.97 Å². The van der Waals surface area contributed by atoms with Crippen LogP contribution in [-0.2, 0) is 16.1 Å². The maximum atomic E-state index is 10.8. The van der Waals surface area contributed by atoms with Crippen LogP contribution in [0.1, 0.15) is 18.3 Å². The van der Waals surface area contributed by atoms with Gasteiger partial charge in [-0.3, -0.25) is 14.9 Å². The number of aryl methyl sites for hydroxylation is 1. The van der Waals surface area contributed by atoms with Crippen molar-refractivity contribution in [3.63, 3.8) is 0 Å². The molecule has 3 aromatic rings. The lowest BCUT2D eigenvalue weighted by molar-refractivity contribution is -0.384. The molecule has 0 saturated carbocycles. The predicted octanol–water partition coefficient (Wildman–Crippen LogP) is 1.73. The number of hydrogen-bond donors (Lipinski definition) is 0. The van der Waals surface area contributed by atoms with Crippen molar-refractivity contribution >= 4 is 11.7 Å². The number of nitro benzene ring substituents is 1. The third-order valence-corrected chi connectivity index (χ3v) is 3.38. The van der Waals surface area contributed by atoms with E-state index in [-0.39, 0.29) is 12.3 Å². The molecule has 0 N–H and O–H groups in total. The number of carbonyl (C=O) groups is 1. The fraction of sp³-hybridized carbons (Fsp3) is 0.200. The highest BCUT2D eigenvalue weighted by molar-refractivity contribution is 5.65. The molecule has 0 bridgehead atoms. The summed E-state index contributed by atoms with van der Waals surface area (Å²) in [6, 6.07) is 7.88. The van der Waals surface area contributed by atoms with Crippen LogP contribution in [0.25, 0.3) is 11.5 Å². The zero-order valence-corrected chi connectivity index (χ0v) is 13.5. The van der Waals surface area contributed by atoms with Crippen molar-refractivity contribution in [3.05, 3.63) is 58.0 Å². The summed E-state index contributed by atoms with van der Waals surface area (Å²) >= 11 is 0. The Bertz CT molecular complexity index is 928. The minimum absolute atomic E-state index is 0.0140. The first-order valence-electron chi connectivity index (χ1n) is 7.30. The van der Waals surface area contributed by atoms with Crippen molar-refractivity contribution in [2.24, 2.45) is 0 Å². The van der Waals surface area contributed by atoms with Crippen LogP contribution in [0.2, 0.25) is 0 Å². The molecular formula is C15H14N6O4. The number of hydrogen-bond acceptors (Lipinski definition) is 7. The quantitative estimate of drug-likeness (QED) is 0.393. The summed E-state index contributed by atoms with van der Waals surface area (Å²) in [5.41, 5.74) is 2.02. The second-order valence-electron chi connectivity index (χ2n) is 5.26. The van der Waals surface area contributed by atoms with E-state index in [1.54, 1.807) is 29.1 Å². The first-order chi connectivity index (χ1) is 11.9. The predicted molar refractivity (Wildman–Crippen MR) is 85.3 cm³/mol. The number of nitrogens with zero attached hydrogens (tertiary/aromatic N) is 6. The smallest absolute Gasteiger partial charge is 0.303 e. The zero-order valence-electron chi connectivity index (χ0n) is 13.5. The van der Waals surface area contributed by atoms with Gasteiger partial charge in [-0.2, -0.15) is 0 Å². The van der Waals surface area contributed by atoms with Gasteiger partial charge in [-0.15, -0.1) is 10.2 Å². The number of nitro groups is 1. The topological polar surface area (TPSA) is 118 Å². The van der Waals surface area contributed by atoms with Crippen LogP contribution >= 0.6 is 0 Å². The summed E-state index contributed by atoms with van der Waals surface area (Å²) in [6.07, 6.45) is 1.62. The molecule has 0 amide bonds. The van der Waals surface area contributed by atoms with Crippen molar-refractivity contribution in [1.82, 2.24) is 24.8 Å². The first kappa shape index (κ1) is 16.3. The van der Waals surface area contributed by atoms with Gasteiger partial charge in [-0.1, -0.05) is 5.21 Å². The molecule has 10 nitrogen and oxygen atoms in total. The lowest BCUT2D eigenvalue weighted by Gasteiger charge is -2.03. The van der Waals surface area contributed by atoms with E-state index in [1.807, 2.05) is 6.92 Å². The first-order valence-corrected chi connectivity index (χ1v) is 7.30. The molecule has 2 heterocycles. The minimum Gasteiger partial charge on any atom is -0.459 e. The van der Waals surface area contributed by atoms with E-state index < -0.39 is 10.9 Å². The molecule has 0 aliphatic carbocycles. The van der Waals surface area contributed by atoms with Gasteiger partial charge in [0, 0.05) is 30.8 Å². The summed E-state index contributed by atoms with van der Waals surface area (Å²) in [7, 11) is 0. The van der Waals surface area contributed by atoms with Crippen LogP contribution < -0.4 is 0 Å². The average molecular weight is 342 g/mol. The third kappa shape index (κ3) is 3.52. The molecule has 10 heteroatoms. The van der Waals surface area contributed by atoms with Gasteiger partial charge in [-0.25, -0.2) is 9.36 Å². The second-order valence-corrected chi connectivity index (χ2v) is 5.26. The Labute approximate surface area is 141 Å². The molecule has 0 fully saturated rings. The van der Waals surface area contributed by atoms with Gasteiger partial charge in [0.15, 0.2) is 5.82 Å². The van der Waals surface area contributed by atoms with E-state index in [0.29, 0.717) is 17.2 Å². The zero-order chi connectivity index (χ0) is 18.0. The molecule has 0 spiro atoms. The van der Waals surface area contributed by atoms with Gasteiger partial charge in [0.1, 0.15) is 12.3 Å². The molecule has 0 atom stereocenters. The summed E-state index contributed by atoms with van der Waals surface area (Å²) in [6.45, 7) is 3.21. The van der Waals surface area contributed by atoms with Crippen molar-refractivity contribution in [2.75, 3.05) is 0 Å². The Hall–Kier alpha value is -3.56. The molecule has 0 saturated heterocycles. The van der Waals surface area contributed by atoms with Gasteiger partial charge in [-0.05, 0) is 19.1 Å². The molecule has 3 rings (SSSR count). The van der Waals surface area contributed by atoms with Gasteiger partial charge in [0.25, 0.3) is 5.69 Å². The Morgan fingerprint density at radius 3 is 2.68 bits per heavy atom. The SMILES string of the molecule is CC(=O)OCc1cn(-c2cc(C)n(-c3ccc([N+](=O)[O-])cc3)n2)nn1. The highest BCUT2D eigenvalue weighted by Crippen LogP contribution is 2.18. The summed E-state index contributed by atoms with van der Waals surface area (Å²) in [5.74, 6) is 0.130. The van der Waals surface area contributed by atoms with Gasteiger partial charge in [0.05, 0.1) is 16.8 Å². The largest absolute Gasteiger partial charge is 0.459 e. The average Bonchev–Trinajstić information content (AvgIpc) is 3.19. The molecule has 0 aliphatic heterocycles. The monoisotopic (exact) mass is 342 g/mol. The molecule has 25 heavy (non-hydrogen) atoms. The second kappa shape index (κ2) is 6.51. The lowest BCUT2D eigenvalue weighted by atomic mass is 10.3. The Morgan fingerprint density at radius 1 is 1.32 bits per heavy atom. The number of carbonyl (C=O) groups excluding carboxylic acids is 1. The highest BCUT2D eigenvalue weighted by atomic mass is 16.6. The Balaban J connectivity index is 1.85. The van der Waals surface area contributed by atoms with Crippen molar-refractivity contribution in [2.45, 2.75) is 20.5 Å². The van der Waals surface area contributed by atoms with Crippen LogP contribution in [0.15, 0.2) is 36.5 Å². The number of rotatable bonds is 5. The number of benzene rings is 1. The fourth-order valence-corrected chi connectivity index (χ4v) is 2.20. The van der Waals surface area contributed by atoms with Crippen LogP contribution in [0.3, 0.4) is 0 Å². The molecule has 0 unspecified atom stereocenters. The minimum atomic E-state index is -0.453. The highest BCUT2D eigenvalue weighted by Gasteiger charge is 2.12. The lowest BCUT2D eigenvalue weighted by Crippen LogP contribution is -2.01. The number of non-ortho nitro benzene ring substituents is 1. The van der Waals surface area contributed by atoms with Crippen LogP contribution in [0.5, 0.6) is 0 Å². The standard InChI is InChI=1S/C15H14N6O4/c1-10-7-15(19-8-12(16-18-19)9-25-11(2)22)17-20(10)13-3-5-14(6-4-13)21(23)24/h3-8H,9H2,1-2H3. The van der Waals surface area contributed by atoms with Crippen LogP contribution in [0.4, 0.5) is 5.69 Å². The fourth-order valence-electron chi connectivity index (χ4n) is 2.20.